The molecule has 2 aromatic heterocycles. The first-order chi connectivity index (χ1) is 16.6. The molecule has 2 aliphatic heterocycles. The number of aliphatic hydroxyl groups excluding tert-OH is 1. The molecule has 5 rings (SSSR count). The molecule has 1 fully saturated rings. The predicted molar refractivity (Wildman–Crippen MR) is 144 cm³/mol. The van der Waals surface area contributed by atoms with Gasteiger partial charge in [0.05, 0.1) is 35.6 Å². The van der Waals surface area contributed by atoms with Crippen LogP contribution in [0.5, 0.6) is 17.2 Å². The highest BCUT2D eigenvalue weighted by molar-refractivity contribution is 6.32. The number of halogens is 3. The van der Waals surface area contributed by atoms with E-state index in [2.05, 4.69) is 20.2 Å². The van der Waals surface area contributed by atoms with Gasteiger partial charge in [0.15, 0.2) is 11.5 Å². The minimum Gasteiger partial charge on any atom is -0.497 e. The highest BCUT2D eigenvalue weighted by atomic mass is 35.5. The number of aliphatic hydroxyl groups is 1. The quantitative estimate of drug-likeness (QED) is 0.455. The second kappa shape index (κ2) is 12.9. The van der Waals surface area contributed by atoms with Gasteiger partial charge >= 0.3 is 0 Å². The van der Waals surface area contributed by atoms with Crippen molar-refractivity contribution in [2.24, 2.45) is 0 Å². The van der Waals surface area contributed by atoms with Crippen molar-refractivity contribution in [3.05, 3.63) is 52.9 Å². The van der Waals surface area contributed by atoms with Crippen LogP contribution in [0.4, 0.5) is 0 Å². The summed E-state index contributed by atoms with van der Waals surface area (Å²) in [5.74, 6) is 2.20. The minimum absolute atomic E-state index is 0. The molecule has 2 atom stereocenters. The number of benzene rings is 1. The zero-order valence-electron chi connectivity index (χ0n) is 20.0. The fourth-order valence-corrected chi connectivity index (χ4v) is 4.86. The van der Waals surface area contributed by atoms with E-state index in [9.17, 15) is 5.11 Å². The summed E-state index contributed by atoms with van der Waals surface area (Å²) < 4.78 is 16.5. The largest absolute Gasteiger partial charge is 0.497 e. The van der Waals surface area contributed by atoms with Gasteiger partial charge < -0.3 is 29.5 Å². The number of aromatic nitrogens is 2. The van der Waals surface area contributed by atoms with Crippen molar-refractivity contribution in [1.82, 2.24) is 20.2 Å². The topological polar surface area (TPSA) is 89.0 Å². The first kappa shape index (κ1) is 28.5. The average molecular weight is 558 g/mol. The fraction of sp³-hybridized carbons (Fsp3) is 0.440. The van der Waals surface area contributed by atoms with Crippen molar-refractivity contribution in [1.29, 1.82) is 0 Å². The van der Waals surface area contributed by atoms with Gasteiger partial charge in [-0.25, -0.2) is 0 Å². The Morgan fingerprint density at radius 3 is 2.72 bits per heavy atom. The Labute approximate surface area is 228 Å². The van der Waals surface area contributed by atoms with E-state index in [4.69, 9.17) is 25.8 Å². The van der Waals surface area contributed by atoms with Crippen LogP contribution >= 0.6 is 36.4 Å². The fourth-order valence-electron chi connectivity index (χ4n) is 4.61. The van der Waals surface area contributed by atoms with Crippen LogP contribution in [0, 0.1) is 0 Å². The summed E-state index contributed by atoms with van der Waals surface area (Å²) in [5.41, 5.74) is 2.83. The van der Waals surface area contributed by atoms with E-state index in [-0.39, 0.29) is 30.9 Å². The van der Waals surface area contributed by atoms with Crippen LogP contribution in [0.1, 0.15) is 17.7 Å². The second-order valence-corrected chi connectivity index (χ2v) is 9.09. The Morgan fingerprint density at radius 1 is 1.14 bits per heavy atom. The molecule has 1 saturated heterocycles. The maximum atomic E-state index is 10.8. The molecule has 196 valence electrons. The Hall–Kier alpha value is -2.07. The van der Waals surface area contributed by atoms with E-state index in [0.29, 0.717) is 37.1 Å². The van der Waals surface area contributed by atoms with E-state index in [0.717, 1.165) is 59.6 Å². The van der Waals surface area contributed by atoms with Crippen molar-refractivity contribution < 1.29 is 19.3 Å². The van der Waals surface area contributed by atoms with Crippen molar-refractivity contribution >= 4 is 47.3 Å². The van der Waals surface area contributed by atoms with Crippen molar-refractivity contribution in [2.75, 3.05) is 40.0 Å². The third kappa shape index (κ3) is 6.43. The highest BCUT2D eigenvalue weighted by Crippen LogP contribution is 2.30. The number of ether oxygens (including phenoxy) is 3. The summed E-state index contributed by atoms with van der Waals surface area (Å²) in [6.45, 7) is 3.98. The summed E-state index contributed by atoms with van der Waals surface area (Å²) in [4.78, 5) is 11.2. The van der Waals surface area contributed by atoms with E-state index in [1.165, 1.54) is 0 Å². The predicted octanol–water partition coefficient (Wildman–Crippen LogP) is 3.67. The molecule has 36 heavy (non-hydrogen) atoms. The molecule has 3 aromatic rings. The Morgan fingerprint density at radius 2 is 1.94 bits per heavy atom. The van der Waals surface area contributed by atoms with E-state index >= 15 is 0 Å². The maximum absolute atomic E-state index is 10.8. The molecule has 4 heterocycles. The zero-order valence-corrected chi connectivity index (χ0v) is 22.4. The summed E-state index contributed by atoms with van der Waals surface area (Å²) in [5, 5.41) is 15.9. The molecule has 0 aliphatic carbocycles. The molecule has 0 radical (unpaired) electrons. The van der Waals surface area contributed by atoms with Crippen LogP contribution in [0.25, 0.3) is 10.9 Å². The lowest BCUT2D eigenvalue weighted by Gasteiger charge is -2.36. The summed E-state index contributed by atoms with van der Waals surface area (Å²) >= 11 is 6.51. The van der Waals surface area contributed by atoms with Gasteiger partial charge in [0.1, 0.15) is 19.0 Å². The van der Waals surface area contributed by atoms with Gasteiger partial charge in [-0.3, -0.25) is 9.97 Å². The minimum atomic E-state index is -0.462. The molecule has 2 aliphatic rings. The lowest BCUT2D eigenvalue weighted by atomic mass is 10.00. The smallest absolute Gasteiger partial charge is 0.179 e. The van der Waals surface area contributed by atoms with Crippen LogP contribution in [-0.4, -0.2) is 72.1 Å². The van der Waals surface area contributed by atoms with Crippen LogP contribution < -0.4 is 19.5 Å². The second-order valence-electron chi connectivity index (χ2n) is 8.68. The molecule has 0 amide bonds. The van der Waals surface area contributed by atoms with Gasteiger partial charge in [-0.2, -0.15) is 0 Å². The van der Waals surface area contributed by atoms with Gasteiger partial charge in [0, 0.05) is 43.3 Å². The number of hydrogen-bond acceptors (Lipinski definition) is 8. The van der Waals surface area contributed by atoms with E-state index in [1.54, 1.807) is 19.5 Å². The van der Waals surface area contributed by atoms with Crippen LogP contribution in [-0.2, 0) is 13.0 Å². The molecule has 0 spiro atoms. The molecular formula is C25H31Cl3N4O4. The van der Waals surface area contributed by atoms with Crippen molar-refractivity contribution in [3.63, 3.8) is 0 Å². The van der Waals surface area contributed by atoms with Crippen LogP contribution in [0.3, 0.4) is 0 Å². The standard InChI is InChI=1S/C25H29ClN4O4.2ClH/c1-32-17-2-3-21-19(11-17)18(20(26)13-29-21)4-6-30-7-5-22(23(31)15-30)28-12-16-10-24-25(14-27-16)34-9-8-33-24;;/h2-3,10-11,13-14,22-23,28,31H,4-9,12,15H2,1H3;2*1H/t22-,23+;;/m0../s1. The number of methoxy groups -OCH3 is 1. The van der Waals surface area contributed by atoms with E-state index in [1.807, 2.05) is 24.3 Å². The molecule has 0 saturated carbocycles. The Bertz CT molecular complexity index is 1170. The Kier molecular flexibility index (Phi) is 10.2. The molecule has 0 bridgehead atoms. The third-order valence-corrected chi connectivity index (χ3v) is 6.84. The number of pyridine rings is 2. The number of rotatable bonds is 7. The van der Waals surface area contributed by atoms with Crippen molar-refractivity contribution in [3.8, 4) is 17.2 Å². The number of hydrogen-bond donors (Lipinski definition) is 2. The molecule has 11 heteroatoms. The summed E-state index contributed by atoms with van der Waals surface area (Å²) in [6.07, 6.45) is 4.58. The average Bonchev–Trinajstić information content (AvgIpc) is 2.87. The monoisotopic (exact) mass is 556 g/mol. The van der Waals surface area contributed by atoms with Gasteiger partial charge in [-0.1, -0.05) is 11.6 Å². The molecule has 0 unspecified atom stereocenters. The first-order valence-corrected chi connectivity index (χ1v) is 12.0. The highest BCUT2D eigenvalue weighted by Gasteiger charge is 2.27. The van der Waals surface area contributed by atoms with Gasteiger partial charge in [0.25, 0.3) is 0 Å². The third-order valence-electron chi connectivity index (χ3n) is 6.51. The number of piperidine rings is 1. The van der Waals surface area contributed by atoms with Crippen LogP contribution in [0.2, 0.25) is 5.02 Å². The summed E-state index contributed by atoms with van der Waals surface area (Å²) in [6, 6.07) is 7.76. The van der Waals surface area contributed by atoms with Crippen molar-refractivity contribution in [2.45, 2.75) is 31.5 Å². The van der Waals surface area contributed by atoms with Gasteiger partial charge in [-0.05, 0) is 43.1 Å². The number of β-amino-alcohol motifs (C(OH)–C–C–N with tert-alkyl or cyclic N) is 1. The number of likely N-dealkylation sites (tertiary alicyclic amines) is 1. The molecule has 1 aromatic carbocycles. The first-order valence-electron chi connectivity index (χ1n) is 11.6. The van der Waals surface area contributed by atoms with Crippen LogP contribution in [0.15, 0.2) is 36.7 Å². The van der Waals surface area contributed by atoms with Gasteiger partial charge in [0.2, 0.25) is 0 Å². The number of nitrogens with zero attached hydrogens (tertiary/aromatic N) is 3. The summed E-state index contributed by atoms with van der Waals surface area (Å²) in [7, 11) is 1.66. The molecule has 2 N–H and O–H groups in total. The zero-order chi connectivity index (χ0) is 23.5. The Balaban J connectivity index is 0.00000180. The molecule has 8 nitrogen and oxygen atoms in total. The SMILES string of the molecule is COc1ccc2ncc(Cl)c(CCN3CC[C@H](NCc4cc5c(cn4)OCCO5)[C@H](O)C3)c2c1.Cl.Cl. The number of nitrogens with one attached hydrogen (secondary N) is 1. The maximum Gasteiger partial charge on any atom is 0.179 e. The number of fused-ring (bicyclic) bond motifs is 2. The lowest BCUT2D eigenvalue weighted by Crippen LogP contribution is -2.52. The normalized spacial score (nSPS) is 19.3. The lowest BCUT2D eigenvalue weighted by molar-refractivity contribution is 0.0403. The van der Waals surface area contributed by atoms with Gasteiger partial charge in [-0.15, -0.1) is 24.8 Å². The van der Waals surface area contributed by atoms with E-state index < -0.39 is 6.10 Å². The molecular weight excluding hydrogens is 527 g/mol.